The maximum Gasteiger partial charge on any atom is 0.0234 e. The van der Waals surface area contributed by atoms with Gasteiger partial charge in [-0.1, -0.05) is 43.7 Å². The summed E-state index contributed by atoms with van der Waals surface area (Å²) in [4.78, 5) is 2.56. The van der Waals surface area contributed by atoms with Crippen molar-refractivity contribution in [3.05, 3.63) is 35.9 Å². The predicted octanol–water partition coefficient (Wildman–Crippen LogP) is 2.26. The van der Waals surface area contributed by atoms with Crippen LogP contribution in [0.4, 0.5) is 0 Å². The van der Waals surface area contributed by atoms with Gasteiger partial charge in [-0.25, -0.2) is 0 Å². The van der Waals surface area contributed by atoms with E-state index >= 15 is 0 Å². The number of nitrogens with zero attached hydrogens (tertiary/aromatic N) is 1. The second-order valence-electron chi connectivity index (χ2n) is 4.66. The number of piperazine rings is 1. The Balaban J connectivity index is 1.85. The Kier molecular flexibility index (Phi) is 4.37. The Labute approximate surface area is 98.7 Å². The van der Waals surface area contributed by atoms with Gasteiger partial charge >= 0.3 is 0 Å². The molecule has 1 N–H and O–H groups in total. The summed E-state index contributed by atoms with van der Waals surface area (Å²) in [5.41, 5.74) is 1.43. The zero-order valence-electron chi connectivity index (χ0n) is 10.2. The van der Waals surface area contributed by atoms with Crippen molar-refractivity contribution in [1.82, 2.24) is 10.2 Å². The average molecular weight is 218 g/mol. The molecule has 2 rings (SSSR count). The zero-order valence-corrected chi connectivity index (χ0v) is 10.2. The van der Waals surface area contributed by atoms with Crippen LogP contribution in [0, 0.1) is 0 Å². The lowest BCUT2D eigenvalue weighted by Crippen LogP contribution is -2.50. The minimum absolute atomic E-state index is 0.697. The van der Waals surface area contributed by atoms with Crippen LogP contribution in [0.2, 0.25) is 0 Å². The predicted molar refractivity (Wildman–Crippen MR) is 68.4 cm³/mol. The largest absolute Gasteiger partial charge is 0.311 e. The van der Waals surface area contributed by atoms with Crippen LogP contribution in [0.3, 0.4) is 0 Å². The van der Waals surface area contributed by atoms with Crippen molar-refractivity contribution in [3.8, 4) is 0 Å². The monoisotopic (exact) mass is 218 g/mol. The molecular weight excluding hydrogens is 196 g/mol. The number of hydrogen-bond donors (Lipinski definition) is 1. The lowest BCUT2D eigenvalue weighted by Gasteiger charge is -2.33. The molecule has 0 amide bonds. The summed E-state index contributed by atoms with van der Waals surface area (Å²) in [5.74, 6) is 0. The maximum absolute atomic E-state index is 3.59. The number of nitrogens with one attached hydrogen (secondary N) is 1. The van der Waals surface area contributed by atoms with Crippen LogP contribution in [0.5, 0.6) is 0 Å². The highest BCUT2D eigenvalue weighted by Crippen LogP contribution is 2.09. The SMILES string of the molecule is CCC[C@@H]1CN(Cc2ccccc2)CCN1. The molecule has 1 atom stereocenters. The Morgan fingerprint density at radius 1 is 1.31 bits per heavy atom. The molecular formula is C14H22N2. The summed E-state index contributed by atoms with van der Waals surface area (Å²) in [6, 6.07) is 11.5. The third-order valence-corrected chi connectivity index (χ3v) is 3.23. The van der Waals surface area contributed by atoms with Crippen molar-refractivity contribution in [1.29, 1.82) is 0 Å². The Morgan fingerprint density at radius 2 is 2.12 bits per heavy atom. The molecule has 0 unspecified atom stereocenters. The van der Waals surface area contributed by atoms with Crippen LogP contribution < -0.4 is 5.32 Å². The molecule has 0 radical (unpaired) electrons. The van der Waals surface area contributed by atoms with E-state index in [2.05, 4.69) is 47.5 Å². The van der Waals surface area contributed by atoms with Gasteiger partial charge < -0.3 is 5.32 Å². The summed E-state index contributed by atoms with van der Waals surface area (Å²) in [6.45, 7) is 6.87. The lowest BCUT2D eigenvalue weighted by atomic mass is 10.1. The molecule has 1 aromatic carbocycles. The van der Waals surface area contributed by atoms with Crippen LogP contribution >= 0.6 is 0 Å². The van der Waals surface area contributed by atoms with Crippen LogP contribution in [-0.4, -0.2) is 30.6 Å². The highest BCUT2D eigenvalue weighted by atomic mass is 15.2. The molecule has 2 nitrogen and oxygen atoms in total. The molecule has 1 aromatic rings. The van der Waals surface area contributed by atoms with E-state index < -0.39 is 0 Å². The average Bonchev–Trinajstić information content (AvgIpc) is 2.31. The quantitative estimate of drug-likeness (QED) is 0.834. The first-order chi connectivity index (χ1) is 7.88. The van der Waals surface area contributed by atoms with Crippen LogP contribution in [-0.2, 0) is 6.54 Å². The summed E-state index contributed by atoms with van der Waals surface area (Å²) >= 11 is 0. The third-order valence-electron chi connectivity index (χ3n) is 3.23. The van der Waals surface area contributed by atoms with Crippen molar-refractivity contribution in [2.75, 3.05) is 19.6 Å². The molecule has 88 valence electrons. The lowest BCUT2D eigenvalue weighted by molar-refractivity contribution is 0.187. The molecule has 1 aliphatic heterocycles. The fourth-order valence-electron chi connectivity index (χ4n) is 2.42. The second kappa shape index (κ2) is 6.02. The standard InChI is InChI=1S/C14H22N2/c1-2-6-14-12-16(10-9-15-14)11-13-7-4-3-5-8-13/h3-5,7-8,14-15H,2,6,9-12H2,1H3/t14-/m1/s1. The summed E-state index contributed by atoms with van der Waals surface area (Å²) in [7, 11) is 0. The van der Waals surface area contributed by atoms with Crippen molar-refractivity contribution >= 4 is 0 Å². The Hall–Kier alpha value is -0.860. The fraction of sp³-hybridized carbons (Fsp3) is 0.571. The Morgan fingerprint density at radius 3 is 2.88 bits per heavy atom. The topological polar surface area (TPSA) is 15.3 Å². The van der Waals surface area contributed by atoms with E-state index in [1.165, 1.54) is 31.5 Å². The third kappa shape index (κ3) is 3.32. The van der Waals surface area contributed by atoms with Crippen molar-refractivity contribution < 1.29 is 0 Å². The number of rotatable bonds is 4. The van der Waals surface area contributed by atoms with Crippen LogP contribution in [0.25, 0.3) is 0 Å². The van der Waals surface area contributed by atoms with Crippen LogP contribution in [0.1, 0.15) is 25.3 Å². The van der Waals surface area contributed by atoms with Gasteiger partial charge in [0.15, 0.2) is 0 Å². The molecule has 0 bridgehead atoms. The van der Waals surface area contributed by atoms with Crippen molar-refractivity contribution in [2.45, 2.75) is 32.4 Å². The summed E-state index contributed by atoms with van der Waals surface area (Å²) in [5, 5.41) is 3.59. The minimum atomic E-state index is 0.697. The number of benzene rings is 1. The minimum Gasteiger partial charge on any atom is -0.311 e. The molecule has 1 fully saturated rings. The highest BCUT2D eigenvalue weighted by Gasteiger charge is 2.17. The van der Waals surface area contributed by atoms with Crippen LogP contribution in [0.15, 0.2) is 30.3 Å². The molecule has 0 saturated carbocycles. The van der Waals surface area contributed by atoms with E-state index in [4.69, 9.17) is 0 Å². The maximum atomic E-state index is 3.59. The first-order valence-electron chi connectivity index (χ1n) is 6.38. The second-order valence-corrected chi connectivity index (χ2v) is 4.66. The highest BCUT2D eigenvalue weighted by molar-refractivity contribution is 5.14. The van der Waals surface area contributed by atoms with E-state index in [1.807, 2.05) is 0 Å². The van der Waals surface area contributed by atoms with Gasteiger partial charge in [0.1, 0.15) is 0 Å². The van der Waals surface area contributed by atoms with Crippen molar-refractivity contribution in [2.24, 2.45) is 0 Å². The van der Waals surface area contributed by atoms with E-state index in [-0.39, 0.29) is 0 Å². The summed E-state index contributed by atoms with van der Waals surface area (Å²) < 4.78 is 0. The molecule has 2 heteroatoms. The van der Waals surface area contributed by atoms with Gasteiger partial charge in [0.05, 0.1) is 0 Å². The first kappa shape index (κ1) is 11.6. The van der Waals surface area contributed by atoms with E-state index in [0.29, 0.717) is 6.04 Å². The van der Waals surface area contributed by atoms with E-state index in [9.17, 15) is 0 Å². The van der Waals surface area contributed by atoms with Gasteiger partial charge in [0, 0.05) is 32.2 Å². The first-order valence-corrected chi connectivity index (χ1v) is 6.38. The van der Waals surface area contributed by atoms with Gasteiger partial charge in [-0.05, 0) is 12.0 Å². The summed E-state index contributed by atoms with van der Waals surface area (Å²) in [6.07, 6.45) is 2.57. The molecule has 16 heavy (non-hydrogen) atoms. The van der Waals surface area contributed by atoms with Gasteiger partial charge in [0.25, 0.3) is 0 Å². The Bertz CT molecular complexity index is 295. The number of hydrogen-bond acceptors (Lipinski definition) is 2. The van der Waals surface area contributed by atoms with Gasteiger partial charge in [-0.15, -0.1) is 0 Å². The molecule has 0 aliphatic carbocycles. The molecule has 1 heterocycles. The van der Waals surface area contributed by atoms with Crippen molar-refractivity contribution in [3.63, 3.8) is 0 Å². The van der Waals surface area contributed by atoms with Gasteiger partial charge in [-0.2, -0.15) is 0 Å². The molecule has 0 aromatic heterocycles. The van der Waals surface area contributed by atoms with Gasteiger partial charge in [0.2, 0.25) is 0 Å². The van der Waals surface area contributed by atoms with Gasteiger partial charge in [-0.3, -0.25) is 4.90 Å². The molecule has 1 saturated heterocycles. The fourth-order valence-corrected chi connectivity index (χ4v) is 2.42. The van der Waals surface area contributed by atoms with E-state index in [0.717, 1.165) is 13.1 Å². The van der Waals surface area contributed by atoms with E-state index in [1.54, 1.807) is 0 Å². The smallest absolute Gasteiger partial charge is 0.0234 e. The normalized spacial score (nSPS) is 22.2. The molecule has 1 aliphatic rings. The zero-order chi connectivity index (χ0) is 11.2. The molecule has 0 spiro atoms.